The molecule has 2 rings (SSSR count). The summed E-state index contributed by atoms with van der Waals surface area (Å²) in [6, 6.07) is 6.71. The van der Waals surface area contributed by atoms with Crippen LogP contribution in [0, 0.1) is 0 Å². The van der Waals surface area contributed by atoms with Crippen molar-refractivity contribution < 1.29 is 9.50 Å². The monoisotopic (exact) mass is 219 g/mol. The number of nitrogens with zero attached hydrogens (tertiary/aromatic N) is 3. The molecule has 0 aliphatic rings. The minimum Gasteiger partial charge on any atom is -0.392 e. The van der Waals surface area contributed by atoms with E-state index in [4.69, 9.17) is 5.11 Å². The summed E-state index contributed by atoms with van der Waals surface area (Å²) in [4.78, 5) is 0. The molecule has 2 aromatic rings. The average molecular weight is 219 g/mol. The number of benzene rings is 1. The predicted octanol–water partition coefficient (Wildman–Crippen LogP) is 1.57. The maximum absolute atomic E-state index is 13.3. The molecule has 0 aliphatic carbocycles. The minimum atomic E-state index is -0.437. The van der Waals surface area contributed by atoms with Crippen LogP contribution >= 0.6 is 0 Å². The van der Waals surface area contributed by atoms with Crippen LogP contribution in [0.25, 0.3) is 11.5 Å². The molecule has 0 atom stereocenters. The number of halogens is 1. The van der Waals surface area contributed by atoms with Crippen molar-refractivity contribution in [3.63, 3.8) is 0 Å². The molecule has 1 N–H and O–H groups in total. The average Bonchev–Trinajstić information content (AvgIpc) is 2.83. The lowest BCUT2D eigenvalue weighted by Gasteiger charge is -2.01. The van der Waals surface area contributed by atoms with Crippen molar-refractivity contribution >= 4 is 5.83 Å². The van der Waals surface area contributed by atoms with E-state index in [0.29, 0.717) is 5.56 Å². The van der Waals surface area contributed by atoms with Gasteiger partial charge in [0.2, 0.25) is 0 Å². The molecule has 1 aromatic carbocycles. The van der Waals surface area contributed by atoms with E-state index in [-0.39, 0.29) is 6.61 Å². The van der Waals surface area contributed by atoms with Crippen molar-refractivity contribution in [1.29, 1.82) is 0 Å². The quantitative estimate of drug-likeness (QED) is 0.852. The highest BCUT2D eigenvalue weighted by atomic mass is 19.1. The smallest absolute Gasteiger partial charge is 0.128 e. The van der Waals surface area contributed by atoms with Gasteiger partial charge >= 0.3 is 0 Å². The zero-order chi connectivity index (χ0) is 11.4. The van der Waals surface area contributed by atoms with Crippen LogP contribution in [-0.2, 0) is 0 Å². The molecule has 1 aromatic heterocycles. The topological polar surface area (TPSA) is 50.9 Å². The van der Waals surface area contributed by atoms with E-state index in [1.807, 2.05) is 0 Å². The van der Waals surface area contributed by atoms with Gasteiger partial charge in [0.15, 0.2) is 0 Å². The molecule has 0 saturated carbocycles. The number of rotatable bonds is 3. The summed E-state index contributed by atoms with van der Waals surface area (Å²) in [6.45, 7) is -0.309. The summed E-state index contributed by atoms with van der Waals surface area (Å²) in [6.07, 6.45) is 4.39. The lowest BCUT2D eigenvalue weighted by Crippen LogP contribution is -1.94. The van der Waals surface area contributed by atoms with Gasteiger partial charge in [0.25, 0.3) is 0 Å². The fraction of sp³-hybridized carbons (Fsp3) is 0.0909. The zero-order valence-corrected chi connectivity index (χ0v) is 8.42. The van der Waals surface area contributed by atoms with E-state index in [2.05, 4.69) is 10.3 Å². The fourth-order valence-electron chi connectivity index (χ4n) is 1.32. The number of aliphatic hydroxyl groups excluding tert-OH is 1. The van der Waals surface area contributed by atoms with Crippen molar-refractivity contribution in [3.8, 4) is 5.69 Å². The molecule has 0 fully saturated rings. The first kappa shape index (κ1) is 10.5. The number of hydrogen-bond acceptors (Lipinski definition) is 3. The van der Waals surface area contributed by atoms with Crippen molar-refractivity contribution in [2.24, 2.45) is 0 Å². The normalized spacial score (nSPS) is 11.8. The van der Waals surface area contributed by atoms with Gasteiger partial charge in [-0.25, -0.2) is 9.07 Å². The highest BCUT2D eigenvalue weighted by Crippen LogP contribution is 2.17. The van der Waals surface area contributed by atoms with Gasteiger partial charge in [-0.3, -0.25) is 0 Å². The molecule has 0 saturated heterocycles. The molecule has 4 nitrogen and oxygen atoms in total. The molecule has 0 spiro atoms. The van der Waals surface area contributed by atoms with Crippen LogP contribution in [0.1, 0.15) is 5.56 Å². The van der Waals surface area contributed by atoms with E-state index in [1.54, 1.807) is 41.3 Å². The highest BCUT2D eigenvalue weighted by Gasteiger charge is 2.01. The van der Waals surface area contributed by atoms with E-state index in [9.17, 15) is 4.39 Å². The molecular formula is C11H10FN3O. The molecule has 82 valence electrons. The van der Waals surface area contributed by atoms with Crippen molar-refractivity contribution in [1.82, 2.24) is 15.0 Å². The Labute approximate surface area is 91.6 Å². The third-order valence-corrected chi connectivity index (χ3v) is 2.10. The van der Waals surface area contributed by atoms with Crippen LogP contribution in [0.15, 0.2) is 42.7 Å². The van der Waals surface area contributed by atoms with Gasteiger partial charge in [0, 0.05) is 5.56 Å². The Morgan fingerprint density at radius 1 is 1.38 bits per heavy atom. The summed E-state index contributed by atoms with van der Waals surface area (Å²) in [5.41, 5.74) is 1.23. The molecule has 0 unspecified atom stereocenters. The molecule has 0 aliphatic heterocycles. The first-order chi connectivity index (χ1) is 7.81. The summed E-state index contributed by atoms with van der Waals surface area (Å²) in [5, 5.41) is 16.1. The predicted molar refractivity (Wildman–Crippen MR) is 57.5 cm³/mol. The third kappa shape index (κ3) is 2.14. The number of aromatic nitrogens is 3. The van der Waals surface area contributed by atoms with Gasteiger partial charge in [-0.05, 0) is 30.3 Å². The Morgan fingerprint density at radius 2 is 2.12 bits per heavy atom. The van der Waals surface area contributed by atoms with Crippen LogP contribution < -0.4 is 0 Å². The number of aliphatic hydroxyl groups is 1. The first-order valence-electron chi connectivity index (χ1n) is 4.75. The van der Waals surface area contributed by atoms with Crippen molar-refractivity contribution in [3.05, 3.63) is 48.3 Å². The molecular weight excluding hydrogens is 209 g/mol. The van der Waals surface area contributed by atoms with Crippen molar-refractivity contribution in [2.75, 3.05) is 6.61 Å². The maximum atomic E-state index is 13.3. The van der Waals surface area contributed by atoms with Crippen LogP contribution in [0.5, 0.6) is 0 Å². The Morgan fingerprint density at radius 3 is 2.69 bits per heavy atom. The van der Waals surface area contributed by atoms with Crippen molar-refractivity contribution in [2.45, 2.75) is 0 Å². The van der Waals surface area contributed by atoms with Gasteiger partial charge in [-0.1, -0.05) is 5.21 Å². The summed E-state index contributed by atoms with van der Waals surface area (Å²) in [7, 11) is 0. The Kier molecular flexibility index (Phi) is 3.07. The maximum Gasteiger partial charge on any atom is 0.128 e. The highest BCUT2D eigenvalue weighted by molar-refractivity contribution is 5.60. The second-order valence-electron chi connectivity index (χ2n) is 3.13. The molecule has 0 amide bonds. The van der Waals surface area contributed by atoms with Crippen LogP contribution in [0.4, 0.5) is 4.39 Å². The molecule has 0 radical (unpaired) electrons. The summed E-state index contributed by atoms with van der Waals surface area (Å²) in [5.74, 6) is -0.437. The lowest BCUT2D eigenvalue weighted by atomic mass is 10.2. The van der Waals surface area contributed by atoms with Crippen LogP contribution in [0.3, 0.4) is 0 Å². The standard InChI is InChI=1S/C11H10FN3O/c12-11(5-8-16)9-1-3-10(4-2-9)15-7-6-13-14-15/h1-7,16H,8H2/b11-5-. The largest absolute Gasteiger partial charge is 0.392 e. The van der Waals surface area contributed by atoms with E-state index < -0.39 is 5.83 Å². The number of hydrogen-bond donors (Lipinski definition) is 1. The summed E-state index contributed by atoms with van der Waals surface area (Å²) >= 11 is 0. The SMILES string of the molecule is OC/C=C(\F)c1ccc(-n2ccnn2)cc1. The van der Waals surface area contributed by atoms with Crippen LogP contribution in [-0.4, -0.2) is 26.7 Å². The van der Waals surface area contributed by atoms with Gasteiger partial charge in [-0.15, -0.1) is 5.10 Å². The Balaban J connectivity index is 2.26. The molecule has 16 heavy (non-hydrogen) atoms. The molecule has 5 heteroatoms. The van der Waals surface area contributed by atoms with Gasteiger partial charge in [0.05, 0.1) is 24.7 Å². The van der Waals surface area contributed by atoms with Crippen LogP contribution in [0.2, 0.25) is 0 Å². The second-order valence-corrected chi connectivity index (χ2v) is 3.13. The minimum absolute atomic E-state index is 0.309. The summed E-state index contributed by atoms with van der Waals surface area (Å²) < 4.78 is 14.9. The molecule has 1 heterocycles. The van der Waals surface area contributed by atoms with E-state index in [1.165, 1.54) is 0 Å². The van der Waals surface area contributed by atoms with E-state index >= 15 is 0 Å². The van der Waals surface area contributed by atoms with Gasteiger partial charge in [0.1, 0.15) is 5.83 Å². The van der Waals surface area contributed by atoms with Gasteiger partial charge < -0.3 is 5.11 Å². The Hall–Kier alpha value is -2.01. The second kappa shape index (κ2) is 4.67. The lowest BCUT2D eigenvalue weighted by molar-refractivity contribution is 0.342. The Bertz CT molecular complexity index is 476. The zero-order valence-electron chi connectivity index (χ0n) is 8.42. The van der Waals surface area contributed by atoms with Gasteiger partial charge in [-0.2, -0.15) is 0 Å². The third-order valence-electron chi connectivity index (χ3n) is 2.10. The molecule has 0 bridgehead atoms. The van der Waals surface area contributed by atoms with E-state index in [0.717, 1.165) is 11.8 Å². The first-order valence-corrected chi connectivity index (χ1v) is 4.75. The fourth-order valence-corrected chi connectivity index (χ4v) is 1.32.